The summed E-state index contributed by atoms with van der Waals surface area (Å²) in [4.78, 5) is 4.27. The number of nitrogens with two attached hydrogens (primary N) is 1. The van der Waals surface area contributed by atoms with E-state index in [4.69, 9.17) is 5.73 Å². The van der Waals surface area contributed by atoms with Gasteiger partial charge >= 0.3 is 0 Å². The van der Waals surface area contributed by atoms with Crippen molar-refractivity contribution in [3.8, 4) is 6.07 Å². The first-order chi connectivity index (χ1) is 10.2. The lowest BCUT2D eigenvalue weighted by Crippen LogP contribution is -1.99. The Balaban J connectivity index is 2.09. The van der Waals surface area contributed by atoms with Gasteiger partial charge in [0, 0.05) is 16.1 Å². The molecule has 0 saturated carbocycles. The van der Waals surface area contributed by atoms with Gasteiger partial charge in [-0.05, 0) is 42.5 Å². The van der Waals surface area contributed by atoms with Crippen molar-refractivity contribution in [2.75, 3.05) is 11.1 Å². The van der Waals surface area contributed by atoms with Gasteiger partial charge in [0.1, 0.15) is 6.07 Å². The Morgan fingerprint density at radius 2 is 2.00 bits per heavy atom. The first kappa shape index (κ1) is 13.4. The molecule has 0 aliphatic rings. The highest BCUT2D eigenvalue weighted by Crippen LogP contribution is 2.31. The van der Waals surface area contributed by atoms with Gasteiger partial charge in [0.05, 0.1) is 28.1 Å². The van der Waals surface area contributed by atoms with E-state index in [-0.39, 0.29) is 0 Å². The van der Waals surface area contributed by atoms with Crippen LogP contribution in [0.4, 0.5) is 17.1 Å². The lowest BCUT2D eigenvalue weighted by Gasteiger charge is -2.12. The molecule has 0 unspecified atom stereocenters. The van der Waals surface area contributed by atoms with E-state index in [1.54, 1.807) is 12.3 Å². The summed E-state index contributed by atoms with van der Waals surface area (Å²) >= 11 is 3.41. The molecule has 0 aliphatic carbocycles. The number of hydrogen-bond acceptors (Lipinski definition) is 4. The molecule has 1 heterocycles. The molecule has 21 heavy (non-hydrogen) atoms. The summed E-state index contributed by atoms with van der Waals surface area (Å²) in [7, 11) is 0. The van der Waals surface area contributed by atoms with Crippen LogP contribution < -0.4 is 11.1 Å². The van der Waals surface area contributed by atoms with E-state index in [1.165, 1.54) is 0 Å². The first-order valence-electron chi connectivity index (χ1n) is 6.29. The normalized spacial score (nSPS) is 10.3. The predicted octanol–water partition coefficient (Wildman–Crippen LogP) is 4.19. The van der Waals surface area contributed by atoms with Gasteiger partial charge in [0.15, 0.2) is 0 Å². The summed E-state index contributed by atoms with van der Waals surface area (Å²) in [6.07, 6.45) is 1.73. The van der Waals surface area contributed by atoms with Crippen molar-refractivity contribution in [1.82, 2.24) is 4.98 Å². The third-order valence-corrected chi connectivity index (χ3v) is 3.69. The van der Waals surface area contributed by atoms with Crippen LogP contribution in [0, 0.1) is 11.3 Å². The summed E-state index contributed by atoms with van der Waals surface area (Å²) in [5.41, 5.74) is 9.68. The maximum Gasteiger partial charge on any atom is 0.101 e. The number of nitriles is 1. The number of benzene rings is 2. The minimum absolute atomic E-state index is 0.559. The number of nitrogens with zero attached hydrogens (tertiary/aromatic N) is 2. The maximum atomic E-state index is 9.18. The van der Waals surface area contributed by atoms with Crippen LogP contribution in [0.1, 0.15) is 5.56 Å². The van der Waals surface area contributed by atoms with Gasteiger partial charge in [-0.15, -0.1) is 0 Å². The average molecular weight is 339 g/mol. The van der Waals surface area contributed by atoms with E-state index in [0.717, 1.165) is 21.1 Å². The molecule has 0 radical (unpaired) electrons. The monoisotopic (exact) mass is 338 g/mol. The van der Waals surface area contributed by atoms with Gasteiger partial charge in [-0.1, -0.05) is 15.9 Å². The van der Waals surface area contributed by atoms with E-state index in [0.29, 0.717) is 16.9 Å². The maximum absolute atomic E-state index is 9.18. The lowest BCUT2D eigenvalue weighted by atomic mass is 10.1. The van der Waals surface area contributed by atoms with E-state index in [9.17, 15) is 5.26 Å². The number of anilines is 3. The first-order valence-corrected chi connectivity index (χ1v) is 7.08. The fourth-order valence-electron chi connectivity index (χ4n) is 2.15. The molecule has 0 fully saturated rings. The highest BCUT2D eigenvalue weighted by molar-refractivity contribution is 9.10. The van der Waals surface area contributed by atoms with Crippen molar-refractivity contribution in [3.63, 3.8) is 0 Å². The Bertz CT molecular complexity index is 868. The molecule has 5 heteroatoms. The zero-order chi connectivity index (χ0) is 14.8. The molecular formula is C16H11BrN4. The Labute approximate surface area is 130 Å². The van der Waals surface area contributed by atoms with Crippen LogP contribution in [0.3, 0.4) is 0 Å². The molecule has 0 saturated heterocycles. The Morgan fingerprint density at radius 1 is 1.14 bits per heavy atom. The lowest BCUT2D eigenvalue weighted by molar-refractivity contribution is 1.41. The van der Waals surface area contributed by atoms with Gasteiger partial charge in [-0.25, -0.2) is 0 Å². The zero-order valence-electron chi connectivity index (χ0n) is 11.0. The predicted molar refractivity (Wildman–Crippen MR) is 88.3 cm³/mol. The van der Waals surface area contributed by atoms with Crippen molar-refractivity contribution >= 4 is 43.9 Å². The second-order valence-electron chi connectivity index (χ2n) is 4.52. The van der Waals surface area contributed by atoms with E-state index < -0.39 is 0 Å². The van der Waals surface area contributed by atoms with Crippen molar-refractivity contribution in [1.29, 1.82) is 5.26 Å². The fraction of sp³-hybridized carbons (Fsp3) is 0. The molecule has 0 spiro atoms. The number of pyridine rings is 1. The van der Waals surface area contributed by atoms with Crippen molar-refractivity contribution in [3.05, 3.63) is 58.7 Å². The Morgan fingerprint density at radius 3 is 2.81 bits per heavy atom. The van der Waals surface area contributed by atoms with Crippen LogP contribution in [0.25, 0.3) is 10.9 Å². The van der Waals surface area contributed by atoms with Crippen molar-refractivity contribution in [2.45, 2.75) is 0 Å². The Kier molecular flexibility index (Phi) is 3.46. The van der Waals surface area contributed by atoms with Crippen LogP contribution in [-0.4, -0.2) is 4.98 Å². The summed E-state index contributed by atoms with van der Waals surface area (Å²) in [5, 5.41) is 13.3. The minimum Gasteiger partial charge on any atom is -0.396 e. The molecular weight excluding hydrogens is 328 g/mol. The largest absolute Gasteiger partial charge is 0.396 e. The molecule has 3 aromatic rings. The molecule has 102 valence electrons. The summed E-state index contributed by atoms with van der Waals surface area (Å²) < 4.78 is 0.894. The average Bonchev–Trinajstić information content (AvgIpc) is 2.51. The Hall–Kier alpha value is -2.58. The molecule has 3 N–H and O–H groups in total. The number of fused-ring (bicyclic) bond motifs is 1. The number of nitrogens with one attached hydrogen (secondary N) is 1. The third-order valence-electron chi connectivity index (χ3n) is 3.20. The second-order valence-corrected chi connectivity index (χ2v) is 5.44. The molecule has 4 nitrogen and oxygen atoms in total. The third kappa shape index (κ3) is 2.54. The quantitative estimate of drug-likeness (QED) is 0.687. The van der Waals surface area contributed by atoms with Gasteiger partial charge < -0.3 is 11.1 Å². The number of halogens is 1. The van der Waals surface area contributed by atoms with Gasteiger partial charge in [-0.2, -0.15) is 5.26 Å². The minimum atomic E-state index is 0.559. The van der Waals surface area contributed by atoms with Gasteiger partial charge in [0.2, 0.25) is 0 Å². The van der Waals surface area contributed by atoms with Crippen LogP contribution in [0.15, 0.2) is 53.1 Å². The van der Waals surface area contributed by atoms with Crippen LogP contribution in [0.2, 0.25) is 0 Å². The van der Waals surface area contributed by atoms with Crippen LogP contribution in [-0.2, 0) is 0 Å². The summed E-state index contributed by atoms with van der Waals surface area (Å²) in [6, 6.07) is 15.1. The molecule has 0 bridgehead atoms. The molecule has 0 amide bonds. The highest BCUT2D eigenvalue weighted by Gasteiger charge is 2.08. The van der Waals surface area contributed by atoms with Gasteiger partial charge in [-0.3, -0.25) is 4.98 Å². The highest BCUT2D eigenvalue weighted by atomic mass is 79.9. The smallest absolute Gasteiger partial charge is 0.101 e. The van der Waals surface area contributed by atoms with E-state index in [1.807, 2.05) is 36.4 Å². The molecule has 3 rings (SSSR count). The molecule has 0 aliphatic heterocycles. The number of aromatic nitrogens is 1. The topological polar surface area (TPSA) is 74.7 Å². The van der Waals surface area contributed by atoms with Crippen molar-refractivity contribution in [2.24, 2.45) is 0 Å². The van der Waals surface area contributed by atoms with E-state index in [2.05, 4.69) is 32.3 Å². The van der Waals surface area contributed by atoms with E-state index >= 15 is 0 Å². The zero-order valence-corrected chi connectivity index (χ0v) is 12.6. The van der Waals surface area contributed by atoms with Crippen LogP contribution >= 0.6 is 15.9 Å². The summed E-state index contributed by atoms with van der Waals surface area (Å²) in [6.45, 7) is 0. The number of hydrogen-bond donors (Lipinski definition) is 2. The second kappa shape index (κ2) is 5.43. The van der Waals surface area contributed by atoms with Crippen molar-refractivity contribution < 1.29 is 0 Å². The number of nitrogen functional groups attached to an aromatic ring is 1. The number of rotatable bonds is 2. The fourth-order valence-corrected chi connectivity index (χ4v) is 2.51. The molecule has 2 aromatic carbocycles. The molecule has 1 aromatic heterocycles. The SMILES string of the molecule is N#Cc1ccc(Br)cc1Nc1ccc2ncccc2c1N. The summed E-state index contributed by atoms with van der Waals surface area (Å²) in [5.74, 6) is 0. The van der Waals surface area contributed by atoms with Gasteiger partial charge in [0.25, 0.3) is 0 Å². The van der Waals surface area contributed by atoms with Crippen LogP contribution in [0.5, 0.6) is 0 Å². The standard InChI is InChI=1S/C16H11BrN4/c17-11-4-3-10(9-18)15(8-11)21-14-6-5-13-12(16(14)19)2-1-7-20-13/h1-8,21H,19H2. The molecule has 0 atom stereocenters.